The van der Waals surface area contributed by atoms with Crippen molar-refractivity contribution in [1.29, 1.82) is 5.26 Å². The van der Waals surface area contributed by atoms with Gasteiger partial charge in [0.15, 0.2) is 6.19 Å². The molecule has 22 heavy (non-hydrogen) atoms. The first kappa shape index (κ1) is 20.2. The Morgan fingerprint density at radius 3 is 2.32 bits per heavy atom. The van der Waals surface area contributed by atoms with Crippen molar-refractivity contribution < 1.29 is 14.3 Å². The van der Waals surface area contributed by atoms with Gasteiger partial charge in [-0.15, -0.1) is 0 Å². The molecule has 1 N–H and O–H groups in total. The number of amides is 2. The van der Waals surface area contributed by atoms with E-state index in [9.17, 15) is 9.59 Å². The van der Waals surface area contributed by atoms with E-state index in [0.29, 0.717) is 19.0 Å². The van der Waals surface area contributed by atoms with Crippen molar-refractivity contribution in [3.05, 3.63) is 0 Å². The van der Waals surface area contributed by atoms with Crippen LogP contribution in [0.25, 0.3) is 0 Å². The van der Waals surface area contributed by atoms with E-state index in [1.54, 1.807) is 27.7 Å². The zero-order valence-electron chi connectivity index (χ0n) is 14.6. The summed E-state index contributed by atoms with van der Waals surface area (Å²) in [5.41, 5.74) is -0.548. The lowest BCUT2D eigenvalue weighted by Gasteiger charge is -2.23. The van der Waals surface area contributed by atoms with Crippen LogP contribution in [0, 0.1) is 23.3 Å². The molecular weight excluding hydrogens is 282 g/mol. The van der Waals surface area contributed by atoms with Crippen LogP contribution in [0.15, 0.2) is 0 Å². The van der Waals surface area contributed by atoms with Gasteiger partial charge in [0.25, 0.3) is 0 Å². The number of alkyl carbamates (subject to hydrolysis) is 1. The summed E-state index contributed by atoms with van der Waals surface area (Å²) >= 11 is 0. The van der Waals surface area contributed by atoms with E-state index >= 15 is 0 Å². The smallest absolute Gasteiger partial charge is 0.407 e. The van der Waals surface area contributed by atoms with Crippen LogP contribution in [-0.2, 0) is 9.53 Å². The van der Waals surface area contributed by atoms with E-state index in [4.69, 9.17) is 10.00 Å². The monoisotopic (exact) mass is 311 g/mol. The van der Waals surface area contributed by atoms with E-state index in [0.717, 1.165) is 11.3 Å². The lowest BCUT2D eigenvalue weighted by atomic mass is 9.93. The third-order valence-electron chi connectivity index (χ3n) is 2.94. The molecule has 0 aromatic heterocycles. The van der Waals surface area contributed by atoms with Crippen LogP contribution >= 0.6 is 0 Å². The number of rotatable bonds is 7. The Bertz CT molecular complexity index is 408. The lowest BCUT2D eigenvalue weighted by molar-refractivity contribution is -0.129. The predicted octanol–water partition coefficient (Wildman–Crippen LogP) is 2.89. The van der Waals surface area contributed by atoms with E-state index in [2.05, 4.69) is 19.2 Å². The van der Waals surface area contributed by atoms with Gasteiger partial charge in [-0.1, -0.05) is 13.8 Å². The van der Waals surface area contributed by atoms with Crippen LogP contribution in [0.3, 0.4) is 0 Å². The first-order valence-corrected chi connectivity index (χ1v) is 7.76. The molecule has 6 nitrogen and oxygen atoms in total. The van der Waals surface area contributed by atoms with Crippen molar-refractivity contribution in [1.82, 2.24) is 10.2 Å². The van der Waals surface area contributed by atoms with Gasteiger partial charge in [0, 0.05) is 19.5 Å². The summed E-state index contributed by atoms with van der Waals surface area (Å²) in [6.45, 7) is 12.0. The third kappa shape index (κ3) is 9.22. The van der Waals surface area contributed by atoms with E-state index in [1.165, 1.54) is 0 Å². The summed E-state index contributed by atoms with van der Waals surface area (Å²) in [4.78, 5) is 24.9. The average Bonchev–Trinajstić information content (AvgIpc) is 2.34. The molecule has 0 rings (SSSR count). The van der Waals surface area contributed by atoms with Crippen molar-refractivity contribution in [3.8, 4) is 6.19 Å². The molecular formula is C16H29N3O3. The zero-order chi connectivity index (χ0) is 17.3. The maximum absolute atomic E-state index is 12.0. The number of carbonyl (C=O) groups is 2. The standard InChI is InChI=1S/C16H29N3O3/c1-7-19(11-17)14(20)9-13(8-12(2)3)10-18-15(21)22-16(4,5)6/h12-13H,7-10H2,1-6H3,(H,18,21). The Morgan fingerprint density at radius 2 is 1.91 bits per heavy atom. The first-order chi connectivity index (χ1) is 10.1. The van der Waals surface area contributed by atoms with Crippen molar-refractivity contribution in [2.24, 2.45) is 11.8 Å². The summed E-state index contributed by atoms with van der Waals surface area (Å²) in [5, 5.41) is 11.6. The molecule has 126 valence electrons. The van der Waals surface area contributed by atoms with E-state index < -0.39 is 11.7 Å². The number of hydrogen-bond donors (Lipinski definition) is 1. The minimum atomic E-state index is -0.548. The van der Waals surface area contributed by atoms with Crippen LogP contribution in [0.5, 0.6) is 0 Å². The van der Waals surface area contributed by atoms with Crippen molar-refractivity contribution in [3.63, 3.8) is 0 Å². The highest BCUT2D eigenvalue weighted by molar-refractivity contribution is 5.78. The molecule has 2 amide bonds. The number of nitrogens with one attached hydrogen (secondary N) is 1. The van der Waals surface area contributed by atoms with Crippen LogP contribution < -0.4 is 5.32 Å². The van der Waals surface area contributed by atoms with Crippen LogP contribution in [0.4, 0.5) is 4.79 Å². The molecule has 1 atom stereocenters. The predicted molar refractivity (Wildman–Crippen MR) is 84.8 cm³/mol. The lowest BCUT2D eigenvalue weighted by Crippen LogP contribution is -2.37. The number of carbonyl (C=O) groups excluding carboxylic acids is 2. The minimum Gasteiger partial charge on any atom is -0.444 e. The Balaban J connectivity index is 4.56. The van der Waals surface area contributed by atoms with Gasteiger partial charge in [0.1, 0.15) is 5.60 Å². The second-order valence-corrected chi connectivity index (χ2v) is 6.82. The molecule has 0 saturated carbocycles. The topological polar surface area (TPSA) is 82.4 Å². The molecule has 0 spiro atoms. The van der Waals surface area contributed by atoms with E-state index in [-0.39, 0.29) is 18.2 Å². The molecule has 0 saturated heterocycles. The Kier molecular flexibility index (Phi) is 8.54. The second-order valence-electron chi connectivity index (χ2n) is 6.82. The molecule has 0 heterocycles. The molecule has 0 aromatic carbocycles. The van der Waals surface area contributed by atoms with Crippen LogP contribution in [0.2, 0.25) is 0 Å². The zero-order valence-corrected chi connectivity index (χ0v) is 14.6. The number of nitriles is 1. The van der Waals surface area contributed by atoms with Crippen LogP contribution in [0.1, 0.15) is 54.4 Å². The summed E-state index contributed by atoms with van der Waals surface area (Å²) in [7, 11) is 0. The van der Waals surface area contributed by atoms with Gasteiger partial charge in [-0.2, -0.15) is 5.26 Å². The SMILES string of the molecule is CCN(C#N)C(=O)CC(CNC(=O)OC(C)(C)C)CC(C)C. The summed E-state index contributed by atoms with van der Waals surface area (Å²) in [6, 6.07) is 0. The van der Waals surface area contributed by atoms with Crippen molar-refractivity contribution in [2.75, 3.05) is 13.1 Å². The normalized spacial score (nSPS) is 12.5. The number of hydrogen-bond acceptors (Lipinski definition) is 4. The molecule has 0 radical (unpaired) electrons. The Morgan fingerprint density at radius 1 is 1.32 bits per heavy atom. The van der Waals surface area contributed by atoms with Crippen molar-refractivity contribution >= 4 is 12.0 Å². The number of ether oxygens (including phenoxy) is 1. The fourth-order valence-electron chi connectivity index (χ4n) is 2.11. The number of nitrogens with zero attached hydrogens (tertiary/aromatic N) is 2. The highest BCUT2D eigenvalue weighted by Crippen LogP contribution is 2.16. The summed E-state index contributed by atoms with van der Waals surface area (Å²) < 4.78 is 5.19. The molecule has 0 aliphatic rings. The fourth-order valence-corrected chi connectivity index (χ4v) is 2.11. The molecule has 0 aliphatic carbocycles. The molecule has 0 aromatic rings. The van der Waals surface area contributed by atoms with Crippen molar-refractivity contribution in [2.45, 2.75) is 60.0 Å². The second kappa shape index (κ2) is 9.29. The highest BCUT2D eigenvalue weighted by atomic mass is 16.6. The van der Waals surface area contributed by atoms with Gasteiger partial charge >= 0.3 is 6.09 Å². The molecule has 0 aliphatic heterocycles. The third-order valence-corrected chi connectivity index (χ3v) is 2.94. The molecule has 0 bridgehead atoms. The molecule has 1 unspecified atom stereocenters. The van der Waals surface area contributed by atoms with Gasteiger partial charge in [-0.3, -0.25) is 4.79 Å². The van der Waals surface area contributed by atoms with E-state index in [1.807, 2.05) is 6.19 Å². The minimum absolute atomic E-state index is 0.0116. The van der Waals surface area contributed by atoms with Gasteiger partial charge in [-0.25, -0.2) is 9.69 Å². The van der Waals surface area contributed by atoms with Gasteiger partial charge in [-0.05, 0) is 46.0 Å². The van der Waals surface area contributed by atoms with Gasteiger partial charge in [0.2, 0.25) is 5.91 Å². The maximum Gasteiger partial charge on any atom is 0.407 e. The summed E-state index contributed by atoms with van der Waals surface area (Å²) in [5.74, 6) is 0.180. The first-order valence-electron chi connectivity index (χ1n) is 7.76. The maximum atomic E-state index is 12.0. The molecule has 6 heteroatoms. The Labute approximate surface area is 133 Å². The quantitative estimate of drug-likeness (QED) is 0.579. The fraction of sp³-hybridized carbons (Fsp3) is 0.812. The van der Waals surface area contributed by atoms with Crippen LogP contribution in [-0.4, -0.2) is 35.6 Å². The summed E-state index contributed by atoms with van der Waals surface area (Å²) in [6.07, 6.45) is 2.43. The Hall–Kier alpha value is -1.77. The molecule has 0 fully saturated rings. The van der Waals surface area contributed by atoms with Gasteiger partial charge < -0.3 is 10.1 Å². The van der Waals surface area contributed by atoms with Gasteiger partial charge in [0.05, 0.1) is 0 Å². The highest BCUT2D eigenvalue weighted by Gasteiger charge is 2.21. The largest absolute Gasteiger partial charge is 0.444 e. The average molecular weight is 311 g/mol.